The van der Waals surface area contributed by atoms with E-state index >= 15 is 0 Å². The fourth-order valence-electron chi connectivity index (χ4n) is 6.19. The minimum atomic E-state index is -0.826. The lowest BCUT2D eigenvalue weighted by Crippen LogP contribution is -2.46. The highest BCUT2D eigenvalue weighted by Crippen LogP contribution is 2.32. The van der Waals surface area contributed by atoms with E-state index in [0.717, 1.165) is 5.56 Å². The predicted octanol–water partition coefficient (Wildman–Crippen LogP) is 6.49. The Kier molecular flexibility index (Phi) is 15.9. The minimum Gasteiger partial charge on any atom is -0.469 e. The number of rotatable bonds is 19. The lowest BCUT2D eigenvalue weighted by molar-refractivity contribution is -0.149. The molecule has 0 radical (unpaired) electrons. The fraction of sp³-hybridized carbons (Fsp3) is 0.513. The molecule has 0 fully saturated rings. The van der Waals surface area contributed by atoms with Gasteiger partial charge in [0.15, 0.2) is 11.9 Å². The van der Waals surface area contributed by atoms with Crippen molar-refractivity contribution in [1.82, 2.24) is 20.2 Å². The molecule has 3 aromatic rings. The highest BCUT2D eigenvalue weighted by atomic mass is 32.1. The van der Waals surface area contributed by atoms with Gasteiger partial charge in [-0.3, -0.25) is 29.0 Å². The zero-order chi connectivity index (χ0) is 37.7. The molecule has 276 valence electrons. The van der Waals surface area contributed by atoms with Gasteiger partial charge in [-0.15, -0.1) is 11.3 Å². The maximum Gasteiger partial charge on any atom is 0.308 e. The highest BCUT2D eigenvalue weighted by Gasteiger charge is 2.36. The summed E-state index contributed by atoms with van der Waals surface area (Å²) in [6.07, 6.45) is 2.58. The summed E-state index contributed by atoms with van der Waals surface area (Å²) in [5.41, 5.74) is 1.49. The van der Waals surface area contributed by atoms with Crippen molar-refractivity contribution in [2.75, 3.05) is 14.2 Å². The van der Waals surface area contributed by atoms with Gasteiger partial charge in [-0.2, -0.15) is 0 Å². The summed E-state index contributed by atoms with van der Waals surface area (Å²) >= 11 is 1.20. The number of nitrogens with zero attached hydrogens (tertiary/aromatic N) is 3. The van der Waals surface area contributed by atoms with Crippen molar-refractivity contribution in [2.24, 2.45) is 23.7 Å². The van der Waals surface area contributed by atoms with Crippen molar-refractivity contribution in [3.63, 3.8) is 0 Å². The lowest BCUT2D eigenvalue weighted by atomic mass is 9.84. The predicted molar refractivity (Wildman–Crippen MR) is 196 cm³/mol. The van der Waals surface area contributed by atoms with Crippen LogP contribution in [0.1, 0.15) is 105 Å². The molecule has 2 aromatic heterocycles. The Morgan fingerprint density at radius 3 is 2.22 bits per heavy atom. The number of Topliss-reactive ketones (excluding diaryl/α,β-unsaturated/α-hetero) is 1. The van der Waals surface area contributed by atoms with Crippen LogP contribution in [0.4, 0.5) is 0 Å². The zero-order valence-electron chi connectivity index (χ0n) is 31.0. The number of nitrogens with one attached hydrogen (secondary N) is 1. The molecule has 2 amide bonds. The number of hydrogen-bond acceptors (Lipinski definition) is 10. The topological polar surface area (TPSA) is 145 Å². The van der Waals surface area contributed by atoms with Crippen molar-refractivity contribution in [3.05, 3.63) is 82.1 Å². The Labute approximate surface area is 305 Å². The molecule has 0 spiro atoms. The molecule has 1 N–H and O–H groups in total. The van der Waals surface area contributed by atoms with Crippen LogP contribution < -0.4 is 5.32 Å². The second-order valence-electron chi connectivity index (χ2n) is 13.5. The summed E-state index contributed by atoms with van der Waals surface area (Å²) < 4.78 is 10.7. The van der Waals surface area contributed by atoms with E-state index in [-0.39, 0.29) is 60.1 Å². The molecule has 0 saturated heterocycles. The summed E-state index contributed by atoms with van der Waals surface area (Å²) in [5, 5.41) is 5.08. The van der Waals surface area contributed by atoms with E-state index in [2.05, 4.69) is 15.3 Å². The van der Waals surface area contributed by atoms with Crippen molar-refractivity contribution in [1.29, 1.82) is 0 Å². The van der Waals surface area contributed by atoms with Crippen LogP contribution in [0, 0.1) is 23.7 Å². The number of carbonyl (C=O) groups is 5. The maximum absolute atomic E-state index is 14.1. The van der Waals surface area contributed by atoms with Crippen molar-refractivity contribution in [2.45, 2.75) is 91.8 Å². The van der Waals surface area contributed by atoms with Crippen LogP contribution >= 0.6 is 11.3 Å². The largest absolute Gasteiger partial charge is 0.469 e. The summed E-state index contributed by atoms with van der Waals surface area (Å²) in [6.45, 7) is 11.0. The number of ketones is 1. The van der Waals surface area contributed by atoms with Gasteiger partial charge in [0.1, 0.15) is 16.4 Å². The number of ether oxygens (including phenoxy) is 2. The molecule has 2 heterocycles. The molecule has 1 aromatic carbocycles. The summed E-state index contributed by atoms with van der Waals surface area (Å²) in [7, 11) is 3.06. The number of benzene rings is 1. The average Bonchev–Trinajstić information content (AvgIpc) is 3.62. The minimum absolute atomic E-state index is 0.0298. The van der Waals surface area contributed by atoms with E-state index in [1.54, 1.807) is 48.6 Å². The smallest absolute Gasteiger partial charge is 0.308 e. The standard InChI is InChI=1S/C39H52N4O7S/c1-9-25(4)30(21-34(45)31-17-13-14-18-40-31)38(47)43(7)33(24(2)3)22-35(50-27(6)44)37-42-32(23-51-37)36(46)41-29(19-26(5)39(48)49-8)20-28-15-11-10-12-16-28/h10-18,23-26,29-30,33,35H,9,19-22H2,1-8H3,(H,41,46)/t25-,26-,29+,30-,33+,35+/m0/s1. The van der Waals surface area contributed by atoms with Crippen molar-refractivity contribution < 1.29 is 33.4 Å². The Hall–Kier alpha value is -4.45. The molecule has 0 aliphatic heterocycles. The second kappa shape index (κ2) is 19.8. The zero-order valence-corrected chi connectivity index (χ0v) is 31.8. The molecular weight excluding hydrogens is 669 g/mol. The summed E-state index contributed by atoms with van der Waals surface area (Å²) in [5.74, 6) is -2.77. The Balaban J connectivity index is 1.82. The Morgan fingerprint density at radius 2 is 1.63 bits per heavy atom. The van der Waals surface area contributed by atoms with Crippen molar-refractivity contribution >= 4 is 40.9 Å². The number of thiazole rings is 1. The van der Waals surface area contributed by atoms with Gasteiger partial charge in [0.25, 0.3) is 5.91 Å². The molecule has 0 aliphatic carbocycles. The normalized spacial score (nSPS) is 14.8. The average molecular weight is 721 g/mol. The number of carbonyl (C=O) groups excluding carboxylic acids is 5. The first-order chi connectivity index (χ1) is 24.2. The van der Waals surface area contributed by atoms with Gasteiger partial charge >= 0.3 is 11.9 Å². The SMILES string of the molecule is CC[C@H](C)[C@H](CC(=O)c1ccccn1)C(=O)N(C)[C@H](C[C@@H](OC(C)=O)c1nc(C(=O)N[C@@H](Cc2ccccc2)C[C@H](C)C(=O)OC)cs1)C(C)C. The molecule has 0 aliphatic rings. The van der Waals surface area contributed by atoms with Crippen LogP contribution in [0.3, 0.4) is 0 Å². The van der Waals surface area contributed by atoms with E-state index in [9.17, 15) is 24.0 Å². The summed E-state index contributed by atoms with van der Waals surface area (Å²) in [6, 6.07) is 14.1. The molecule has 6 atom stereocenters. The molecule has 0 bridgehead atoms. The monoisotopic (exact) mass is 720 g/mol. The van der Waals surface area contributed by atoms with Crippen molar-refractivity contribution in [3.8, 4) is 0 Å². The second-order valence-corrected chi connectivity index (χ2v) is 14.4. The first-order valence-corrected chi connectivity index (χ1v) is 18.4. The van der Waals surface area contributed by atoms with Crippen LogP contribution in [0.5, 0.6) is 0 Å². The fourth-order valence-corrected chi connectivity index (χ4v) is 7.02. The number of pyridine rings is 1. The molecule has 3 rings (SSSR count). The van der Waals surface area contributed by atoms with Gasteiger partial charge in [0.2, 0.25) is 5.91 Å². The van der Waals surface area contributed by atoms with Gasteiger partial charge in [-0.1, -0.05) is 77.4 Å². The van der Waals surface area contributed by atoms with E-state index in [1.807, 2.05) is 58.0 Å². The lowest BCUT2D eigenvalue weighted by Gasteiger charge is -2.36. The number of amides is 2. The van der Waals surface area contributed by atoms with Crippen LogP contribution in [-0.4, -0.2) is 70.6 Å². The molecular formula is C39H52N4O7S. The number of aromatic nitrogens is 2. The number of methoxy groups -OCH3 is 1. The van der Waals surface area contributed by atoms with E-state index in [0.29, 0.717) is 30.0 Å². The number of hydrogen-bond donors (Lipinski definition) is 1. The van der Waals surface area contributed by atoms with Gasteiger partial charge in [-0.25, -0.2) is 4.98 Å². The molecule has 0 unspecified atom stereocenters. The molecule has 12 heteroatoms. The van der Waals surface area contributed by atoms with Crippen LogP contribution in [-0.2, 0) is 30.3 Å². The first kappa shape index (κ1) is 41.0. The summed E-state index contributed by atoms with van der Waals surface area (Å²) in [4.78, 5) is 75.8. The van der Waals surface area contributed by atoms with Crippen LogP contribution in [0.15, 0.2) is 60.1 Å². The highest BCUT2D eigenvalue weighted by molar-refractivity contribution is 7.09. The maximum atomic E-state index is 14.1. The number of esters is 2. The van der Waals surface area contributed by atoms with Gasteiger partial charge in [0, 0.05) is 56.4 Å². The van der Waals surface area contributed by atoms with Gasteiger partial charge in [0.05, 0.1) is 13.0 Å². The quantitative estimate of drug-likeness (QED) is 0.109. The molecule has 51 heavy (non-hydrogen) atoms. The van der Waals surface area contributed by atoms with Crippen LogP contribution in [0.25, 0.3) is 0 Å². The van der Waals surface area contributed by atoms with E-state index in [1.165, 1.54) is 25.4 Å². The van der Waals surface area contributed by atoms with Gasteiger partial charge < -0.3 is 19.7 Å². The Bertz CT molecular complexity index is 1600. The Morgan fingerprint density at radius 1 is 0.941 bits per heavy atom. The third-order valence-corrected chi connectivity index (χ3v) is 10.3. The third kappa shape index (κ3) is 12.1. The van der Waals surface area contributed by atoms with E-state index in [4.69, 9.17) is 9.47 Å². The van der Waals surface area contributed by atoms with E-state index < -0.39 is 29.8 Å². The first-order valence-electron chi connectivity index (χ1n) is 17.5. The molecule has 0 saturated carbocycles. The third-order valence-electron chi connectivity index (χ3n) is 9.31. The molecule has 11 nitrogen and oxygen atoms in total. The van der Waals surface area contributed by atoms with Gasteiger partial charge in [-0.05, 0) is 42.4 Å². The van der Waals surface area contributed by atoms with Crippen LogP contribution in [0.2, 0.25) is 0 Å².